The van der Waals surface area contributed by atoms with Gasteiger partial charge in [-0.1, -0.05) is 23.7 Å². The predicted molar refractivity (Wildman–Crippen MR) is 66.8 cm³/mol. The van der Waals surface area contributed by atoms with Crippen molar-refractivity contribution >= 4 is 23.2 Å². The van der Waals surface area contributed by atoms with Gasteiger partial charge in [0.1, 0.15) is 0 Å². The van der Waals surface area contributed by atoms with Crippen LogP contribution in [-0.4, -0.2) is 53.2 Å². The van der Waals surface area contributed by atoms with Gasteiger partial charge in [0, 0.05) is 11.9 Å². The molecule has 2 aliphatic rings. The Hall–Kier alpha value is -0.128. The smallest absolute Gasteiger partial charge is 0.768 e. The first kappa shape index (κ1) is 15.3. The second-order valence-electron chi connectivity index (χ2n) is 5.15. The Kier molecular flexibility index (Phi) is 4.29. The van der Waals surface area contributed by atoms with Gasteiger partial charge in [-0.15, -0.1) is 0 Å². The summed E-state index contributed by atoms with van der Waals surface area (Å²) in [4.78, 5) is 0.279. The number of likely N-dealkylation sites (N-methyl/N-ethyl adjacent to an activating group) is 1. The Morgan fingerprint density at radius 2 is 1.95 bits per heavy atom. The molecule has 0 amide bonds. The fraction of sp³-hybridized carbons (Fsp3) is 0.455. The summed E-state index contributed by atoms with van der Waals surface area (Å²) in [6, 6.07) is 6.87. The van der Waals surface area contributed by atoms with E-state index < -0.39 is 17.8 Å². The van der Waals surface area contributed by atoms with Gasteiger partial charge in [-0.3, -0.25) is 4.21 Å². The van der Waals surface area contributed by atoms with Crippen molar-refractivity contribution in [3.8, 4) is 0 Å². The van der Waals surface area contributed by atoms with Gasteiger partial charge in [0.2, 0.25) is 0 Å². The zero-order chi connectivity index (χ0) is 12.8. The average Bonchev–Trinajstić information content (AvgIpc) is 2.83. The van der Waals surface area contributed by atoms with Crippen molar-refractivity contribution in [2.24, 2.45) is 0 Å². The van der Waals surface area contributed by atoms with Gasteiger partial charge in [-0.25, -0.2) is 0 Å². The molecule has 0 bridgehead atoms. The SMILES string of the molecule is C[N+]12CCO[B-]1(c1cccc(S(=O)[O-])c1)OCC2.[Li+]. The number of benzene rings is 1. The molecule has 5 nitrogen and oxygen atoms in total. The maximum absolute atomic E-state index is 11.1. The van der Waals surface area contributed by atoms with Crippen LogP contribution >= 0.6 is 0 Å². The number of quaternary nitrogens is 1. The van der Waals surface area contributed by atoms with E-state index in [1.165, 1.54) is 0 Å². The third-order valence-corrected chi connectivity index (χ3v) is 4.82. The van der Waals surface area contributed by atoms with Crippen LogP contribution in [0.25, 0.3) is 0 Å². The van der Waals surface area contributed by atoms with Crippen molar-refractivity contribution < 1.29 is 41.3 Å². The molecule has 1 aromatic rings. The Morgan fingerprint density at radius 1 is 1.32 bits per heavy atom. The van der Waals surface area contributed by atoms with Crippen molar-refractivity contribution in [2.75, 3.05) is 33.4 Å². The first-order valence-corrected chi connectivity index (χ1v) is 7.11. The third kappa shape index (κ3) is 2.24. The summed E-state index contributed by atoms with van der Waals surface area (Å²) < 4.78 is 34.6. The molecule has 2 fully saturated rings. The Morgan fingerprint density at radius 3 is 2.53 bits per heavy atom. The van der Waals surface area contributed by atoms with E-state index in [1.807, 2.05) is 6.07 Å². The van der Waals surface area contributed by atoms with Gasteiger partial charge < -0.3 is 18.3 Å². The molecule has 2 heterocycles. The monoisotopic (exact) mass is 275 g/mol. The van der Waals surface area contributed by atoms with Crippen LogP contribution in [0.15, 0.2) is 29.2 Å². The number of hydrogen-bond acceptors (Lipinski definition) is 4. The minimum Gasteiger partial charge on any atom is -0.768 e. The first-order chi connectivity index (χ1) is 8.57. The summed E-state index contributed by atoms with van der Waals surface area (Å²) in [5, 5.41) is 0. The van der Waals surface area contributed by atoms with E-state index in [9.17, 15) is 8.76 Å². The summed E-state index contributed by atoms with van der Waals surface area (Å²) in [5.74, 6) is 0. The molecule has 0 aliphatic carbocycles. The van der Waals surface area contributed by atoms with Crippen LogP contribution in [0, 0.1) is 0 Å². The van der Waals surface area contributed by atoms with Crippen LogP contribution < -0.4 is 24.3 Å². The fourth-order valence-electron chi connectivity index (χ4n) is 3.10. The number of nitrogens with zero attached hydrogens (tertiary/aromatic N) is 1. The van der Waals surface area contributed by atoms with Crippen LogP contribution in [0.4, 0.5) is 0 Å². The summed E-state index contributed by atoms with van der Waals surface area (Å²) in [6.07, 6.45) is 0. The van der Waals surface area contributed by atoms with Gasteiger partial charge in [0.25, 0.3) is 0 Å². The van der Waals surface area contributed by atoms with E-state index >= 15 is 0 Å². The fourth-order valence-corrected chi connectivity index (χ4v) is 3.52. The zero-order valence-electron chi connectivity index (χ0n) is 11.2. The van der Waals surface area contributed by atoms with Crippen LogP contribution in [-0.2, 0) is 20.4 Å². The maximum atomic E-state index is 11.1. The average molecular weight is 275 g/mol. The van der Waals surface area contributed by atoms with Crippen molar-refractivity contribution in [3.05, 3.63) is 24.3 Å². The number of rotatable bonds is 2. The van der Waals surface area contributed by atoms with Gasteiger partial charge in [0.15, 0.2) is 0 Å². The molecule has 19 heavy (non-hydrogen) atoms. The maximum Gasteiger partial charge on any atom is 1.00 e. The topological polar surface area (TPSA) is 58.6 Å². The molecule has 8 heteroatoms. The predicted octanol–water partition coefficient (Wildman–Crippen LogP) is -3.42. The molecule has 98 valence electrons. The van der Waals surface area contributed by atoms with Gasteiger partial charge in [-0.05, 0) is 17.1 Å². The van der Waals surface area contributed by atoms with Gasteiger partial charge >= 0.3 is 25.5 Å². The standard InChI is InChI=1S/C11H16BNO4S.Li/c1-13-5-7-16-12(13,17-8-6-13)10-3-2-4-11(9-10)18(14)15;/h2-4,9H,5-8H2,1H3,(H,14,15);/q;+1/p-1. The molecule has 0 radical (unpaired) electrons. The van der Waals surface area contributed by atoms with Crippen LogP contribution in [0.5, 0.6) is 0 Å². The van der Waals surface area contributed by atoms with E-state index in [1.54, 1.807) is 18.2 Å². The molecule has 3 rings (SSSR count). The van der Waals surface area contributed by atoms with Crippen LogP contribution in [0.1, 0.15) is 0 Å². The number of fused-ring (bicyclic) bond motifs is 1. The molecule has 1 aromatic carbocycles. The molecular weight excluding hydrogens is 260 g/mol. The molecule has 0 N–H and O–H groups in total. The second kappa shape index (κ2) is 5.34. The molecule has 2 aliphatic heterocycles. The normalized spacial score (nSPS) is 34.6. The van der Waals surface area contributed by atoms with E-state index in [4.69, 9.17) is 9.31 Å². The molecule has 0 aromatic heterocycles. The summed E-state index contributed by atoms with van der Waals surface area (Å²) in [6.45, 7) is 1.54. The summed E-state index contributed by atoms with van der Waals surface area (Å²) >= 11 is -2.22. The Labute approximate surface area is 127 Å². The van der Waals surface area contributed by atoms with E-state index in [0.29, 0.717) is 13.2 Å². The quantitative estimate of drug-likeness (QED) is 0.417. The van der Waals surface area contributed by atoms with E-state index in [-0.39, 0.29) is 23.8 Å². The number of hydrogen-bond donors (Lipinski definition) is 0. The molecular formula is C11H15BLiNO4S. The van der Waals surface area contributed by atoms with E-state index in [2.05, 4.69) is 7.05 Å². The first-order valence-electron chi connectivity index (χ1n) is 6.03. The Balaban J connectivity index is 0.00000133. The molecule has 0 spiro atoms. The van der Waals surface area contributed by atoms with Crippen molar-refractivity contribution in [3.63, 3.8) is 0 Å². The molecule has 1 unspecified atom stereocenters. The summed E-state index contributed by atoms with van der Waals surface area (Å²) in [5.41, 5.74) is 0.842. The van der Waals surface area contributed by atoms with Crippen molar-refractivity contribution in [1.29, 1.82) is 0 Å². The van der Waals surface area contributed by atoms with Crippen molar-refractivity contribution in [2.45, 2.75) is 4.90 Å². The van der Waals surface area contributed by atoms with Gasteiger partial charge in [0.05, 0.1) is 26.3 Å². The Bertz CT molecular complexity index is 505. The summed E-state index contributed by atoms with van der Waals surface area (Å²) in [7, 11) is 2.11. The van der Waals surface area contributed by atoms with Crippen LogP contribution in [0.2, 0.25) is 0 Å². The molecule has 2 saturated heterocycles. The molecule has 1 atom stereocenters. The minimum atomic E-state index is -2.22. The van der Waals surface area contributed by atoms with Gasteiger partial charge in [-0.2, -0.15) is 0 Å². The zero-order valence-corrected chi connectivity index (χ0v) is 12.0. The van der Waals surface area contributed by atoms with E-state index in [0.717, 1.165) is 22.9 Å². The largest absolute Gasteiger partial charge is 1.00 e. The van der Waals surface area contributed by atoms with Crippen molar-refractivity contribution in [1.82, 2.24) is 0 Å². The second-order valence-corrected chi connectivity index (χ2v) is 6.09. The van der Waals surface area contributed by atoms with Crippen LogP contribution in [0.3, 0.4) is 0 Å². The third-order valence-electron chi connectivity index (χ3n) is 4.18. The minimum absolute atomic E-state index is 0. The molecule has 0 saturated carbocycles.